The average molecular weight is 236 g/mol. The molecule has 2 heterocycles. The van der Waals surface area contributed by atoms with Crippen molar-refractivity contribution in [1.82, 2.24) is 10.2 Å². The van der Waals surface area contributed by atoms with Crippen LogP contribution in [-0.2, 0) is 6.54 Å². The summed E-state index contributed by atoms with van der Waals surface area (Å²) in [5, 5.41) is 5.88. The van der Waals surface area contributed by atoms with Gasteiger partial charge in [0.15, 0.2) is 0 Å². The fourth-order valence-electron chi connectivity index (χ4n) is 2.59. The highest BCUT2D eigenvalue weighted by molar-refractivity contribution is 7.09. The zero-order valence-electron chi connectivity index (χ0n) is 9.86. The van der Waals surface area contributed by atoms with Crippen molar-refractivity contribution in [3.8, 4) is 0 Å². The number of rotatable bonds is 3. The normalized spacial score (nSPS) is 31.8. The van der Waals surface area contributed by atoms with Crippen LogP contribution < -0.4 is 5.32 Å². The Bertz CT molecular complexity index is 332. The maximum Gasteiger partial charge on any atom is 0.0331 e. The molecule has 2 fully saturated rings. The van der Waals surface area contributed by atoms with Crippen molar-refractivity contribution < 1.29 is 0 Å². The predicted molar refractivity (Wildman–Crippen MR) is 68.7 cm³/mol. The maximum atomic E-state index is 3.70. The van der Waals surface area contributed by atoms with E-state index in [4.69, 9.17) is 0 Å². The van der Waals surface area contributed by atoms with Crippen LogP contribution in [0, 0.1) is 5.92 Å². The van der Waals surface area contributed by atoms with E-state index in [1.807, 2.05) is 11.3 Å². The summed E-state index contributed by atoms with van der Waals surface area (Å²) in [4.78, 5) is 4.15. The third-order valence-corrected chi connectivity index (χ3v) is 4.72. The molecule has 0 aromatic carbocycles. The minimum Gasteiger partial charge on any atom is -0.311 e. The lowest BCUT2D eigenvalue weighted by Crippen LogP contribution is -2.55. The molecule has 2 nitrogen and oxygen atoms in total. The van der Waals surface area contributed by atoms with Gasteiger partial charge >= 0.3 is 0 Å². The van der Waals surface area contributed by atoms with Gasteiger partial charge in [-0.05, 0) is 37.1 Å². The van der Waals surface area contributed by atoms with Crippen molar-refractivity contribution in [2.75, 3.05) is 13.1 Å². The number of thiophene rings is 1. The summed E-state index contributed by atoms with van der Waals surface area (Å²) in [6.45, 7) is 5.88. The molecule has 16 heavy (non-hydrogen) atoms. The molecule has 3 heteroatoms. The summed E-state index contributed by atoms with van der Waals surface area (Å²) in [6, 6.07) is 5.85. The zero-order chi connectivity index (χ0) is 11.0. The van der Waals surface area contributed by atoms with Crippen LogP contribution >= 0.6 is 11.3 Å². The molecule has 2 atom stereocenters. The van der Waals surface area contributed by atoms with E-state index < -0.39 is 0 Å². The topological polar surface area (TPSA) is 15.3 Å². The van der Waals surface area contributed by atoms with Gasteiger partial charge in [0.05, 0.1) is 0 Å². The van der Waals surface area contributed by atoms with Crippen LogP contribution in [0.25, 0.3) is 0 Å². The summed E-state index contributed by atoms with van der Waals surface area (Å²) in [7, 11) is 0. The van der Waals surface area contributed by atoms with E-state index in [1.54, 1.807) is 0 Å². The molecule has 0 amide bonds. The van der Waals surface area contributed by atoms with Crippen molar-refractivity contribution >= 4 is 11.3 Å². The van der Waals surface area contributed by atoms with E-state index in [0.717, 1.165) is 25.0 Å². The number of hydrogen-bond acceptors (Lipinski definition) is 3. The molecule has 1 aliphatic carbocycles. The van der Waals surface area contributed by atoms with Crippen LogP contribution in [0.15, 0.2) is 17.5 Å². The van der Waals surface area contributed by atoms with Crippen LogP contribution in [-0.4, -0.2) is 30.1 Å². The predicted octanol–water partition coefficient (Wildman–Crippen LogP) is 2.32. The Kier molecular flexibility index (Phi) is 3.01. The molecular weight excluding hydrogens is 216 g/mol. The molecular formula is C13H20N2S. The highest BCUT2D eigenvalue weighted by atomic mass is 32.1. The lowest BCUT2D eigenvalue weighted by Gasteiger charge is -2.38. The Hall–Kier alpha value is -0.380. The maximum absolute atomic E-state index is 3.70. The molecule has 1 N–H and O–H groups in total. The molecule has 1 saturated heterocycles. The van der Waals surface area contributed by atoms with Gasteiger partial charge in [-0.3, -0.25) is 4.90 Å². The first-order chi connectivity index (χ1) is 7.83. The van der Waals surface area contributed by atoms with Crippen molar-refractivity contribution in [2.24, 2.45) is 5.92 Å². The molecule has 2 aliphatic rings. The van der Waals surface area contributed by atoms with Gasteiger partial charge in [-0.1, -0.05) is 6.07 Å². The molecule has 1 aromatic heterocycles. The average Bonchev–Trinajstić information content (AvgIpc) is 3.01. The smallest absolute Gasteiger partial charge is 0.0331 e. The summed E-state index contributed by atoms with van der Waals surface area (Å²) >= 11 is 1.88. The van der Waals surface area contributed by atoms with E-state index >= 15 is 0 Å². The van der Waals surface area contributed by atoms with E-state index in [-0.39, 0.29) is 0 Å². The van der Waals surface area contributed by atoms with Gasteiger partial charge in [-0.15, -0.1) is 11.3 Å². The Morgan fingerprint density at radius 1 is 1.50 bits per heavy atom. The Labute approximate surface area is 102 Å². The molecule has 0 radical (unpaired) electrons. The monoisotopic (exact) mass is 236 g/mol. The Morgan fingerprint density at radius 3 is 3.06 bits per heavy atom. The highest BCUT2D eigenvalue weighted by Gasteiger charge is 2.35. The standard InChI is InChI=1S/C13H20N2S/c1-10-7-14-13(11-4-5-11)9-15(10)8-12-3-2-6-16-12/h2-3,6,10-11,13-14H,4-5,7-9H2,1H3. The van der Waals surface area contributed by atoms with Crippen LogP contribution in [0.4, 0.5) is 0 Å². The quantitative estimate of drug-likeness (QED) is 0.866. The van der Waals surface area contributed by atoms with Crippen molar-refractivity contribution in [2.45, 2.75) is 38.4 Å². The van der Waals surface area contributed by atoms with Crippen LogP contribution in [0.1, 0.15) is 24.6 Å². The summed E-state index contributed by atoms with van der Waals surface area (Å²) in [5.41, 5.74) is 0. The van der Waals surface area contributed by atoms with Gasteiger partial charge in [-0.25, -0.2) is 0 Å². The minimum atomic E-state index is 0.678. The summed E-state index contributed by atoms with van der Waals surface area (Å²) < 4.78 is 0. The highest BCUT2D eigenvalue weighted by Crippen LogP contribution is 2.34. The van der Waals surface area contributed by atoms with Gasteiger partial charge in [0.2, 0.25) is 0 Å². The van der Waals surface area contributed by atoms with E-state index in [2.05, 4.69) is 34.7 Å². The Balaban J connectivity index is 1.62. The Morgan fingerprint density at radius 2 is 2.38 bits per heavy atom. The molecule has 2 unspecified atom stereocenters. The van der Waals surface area contributed by atoms with Gasteiger partial charge in [-0.2, -0.15) is 0 Å². The van der Waals surface area contributed by atoms with E-state index in [0.29, 0.717) is 6.04 Å². The first kappa shape index (κ1) is 10.8. The van der Waals surface area contributed by atoms with Crippen molar-refractivity contribution in [3.05, 3.63) is 22.4 Å². The minimum absolute atomic E-state index is 0.678. The first-order valence-corrected chi connectivity index (χ1v) is 7.20. The van der Waals surface area contributed by atoms with Crippen LogP contribution in [0.3, 0.4) is 0 Å². The first-order valence-electron chi connectivity index (χ1n) is 6.33. The zero-order valence-corrected chi connectivity index (χ0v) is 10.7. The lowest BCUT2D eigenvalue weighted by molar-refractivity contribution is 0.126. The van der Waals surface area contributed by atoms with E-state index in [1.165, 1.54) is 24.3 Å². The number of piperazine rings is 1. The summed E-state index contributed by atoms with van der Waals surface area (Å²) in [6.07, 6.45) is 2.89. The third kappa shape index (κ3) is 2.31. The molecule has 1 aliphatic heterocycles. The molecule has 88 valence electrons. The number of nitrogens with zero attached hydrogens (tertiary/aromatic N) is 1. The van der Waals surface area contributed by atoms with Gasteiger partial charge < -0.3 is 5.32 Å². The van der Waals surface area contributed by atoms with Crippen molar-refractivity contribution in [3.63, 3.8) is 0 Å². The molecule has 1 saturated carbocycles. The second-order valence-electron chi connectivity index (χ2n) is 5.21. The van der Waals surface area contributed by atoms with Gasteiger partial charge in [0, 0.05) is 36.6 Å². The SMILES string of the molecule is CC1CNC(C2CC2)CN1Cc1cccs1. The van der Waals surface area contributed by atoms with Crippen LogP contribution in [0.2, 0.25) is 0 Å². The summed E-state index contributed by atoms with van der Waals surface area (Å²) in [5.74, 6) is 0.971. The number of nitrogens with one attached hydrogen (secondary N) is 1. The number of hydrogen-bond donors (Lipinski definition) is 1. The molecule has 0 bridgehead atoms. The molecule has 0 spiro atoms. The lowest BCUT2D eigenvalue weighted by atomic mass is 10.1. The largest absolute Gasteiger partial charge is 0.311 e. The third-order valence-electron chi connectivity index (χ3n) is 3.86. The fraction of sp³-hybridized carbons (Fsp3) is 0.692. The van der Waals surface area contributed by atoms with Crippen LogP contribution in [0.5, 0.6) is 0 Å². The molecule has 3 rings (SSSR count). The van der Waals surface area contributed by atoms with Gasteiger partial charge in [0.1, 0.15) is 0 Å². The second kappa shape index (κ2) is 4.47. The van der Waals surface area contributed by atoms with Gasteiger partial charge in [0.25, 0.3) is 0 Å². The molecule has 1 aromatic rings. The van der Waals surface area contributed by atoms with Crippen molar-refractivity contribution in [1.29, 1.82) is 0 Å². The second-order valence-corrected chi connectivity index (χ2v) is 6.24. The van der Waals surface area contributed by atoms with E-state index in [9.17, 15) is 0 Å². The fourth-order valence-corrected chi connectivity index (χ4v) is 3.32.